The SMILES string of the molecule is C=CCn1c(=O)c(N2CCC(NC(=O)Nc3cccc(C#N)c3)CC2)nc2cccnc21. The number of fused-ring (bicyclic) bond motifs is 1. The van der Waals surface area contributed by atoms with E-state index in [4.69, 9.17) is 5.26 Å². The maximum Gasteiger partial charge on any atom is 0.319 e. The molecule has 0 spiro atoms. The minimum absolute atomic E-state index is 0.0251. The zero-order chi connectivity index (χ0) is 22.5. The Morgan fingerprint density at radius 3 is 2.84 bits per heavy atom. The van der Waals surface area contributed by atoms with E-state index in [0.717, 1.165) is 0 Å². The molecule has 1 saturated heterocycles. The summed E-state index contributed by atoms with van der Waals surface area (Å²) in [7, 11) is 0. The van der Waals surface area contributed by atoms with Crippen molar-refractivity contribution >= 4 is 28.7 Å². The van der Waals surface area contributed by atoms with Crippen LogP contribution in [0.4, 0.5) is 16.3 Å². The first kappa shape index (κ1) is 21.1. The van der Waals surface area contributed by atoms with E-state index in [1.165, 1.54) is 0 Å². The van der Waals surface area contributed by atoms with Gasteiger partial charge in [0, 0.05) is 37.6 Å². The van der Waals surface area contributed by atoms with Crippen molar-refractivity contribution in [1.82, 2.24) is 19.9 Å². The fourth-order valence-electron chi connectivity index (χ4n) is 3.82. The van der Waals surface area contributed by atoms with Crippen molar-refractivity contribution in [3.05, 3.63) is 71.2 Å². The molecule has 1 aromatic carbocycles. The lowest BCUT2D eigenvalue weighted by molar-refractivity contribution is 0.246. The van der Waals surface area contributed by atoms with E-state index in [-0.39, 0.29) is 17.6 Å². The molecule has 0 saturated carbocycles. The molecule has 2 aromatic heterocycles. The number of aromatic nitrogens is 3. The summed E-state index contributed by atoms with van der Waals surface area (Å²) in [6.45, 7) is 5.28. The smallest absolute Gasteiger partial charge is 0.319 e. The summed E-state index contributed by atoms with van der Waals surface area (Å²) in [4.78, 5) is 36.2. The van der Waals surface area contributed by atoms with Gasteiger partial charge in [-0.3, -0.25) is 9.36 Å². The third kappa shape index (κ3) is 4.44. The number of urea groups is 1. The lowest BCUT2D eigenvalue weighted by Gasteiger charge is -2.33. The third-order valence-electron chi connectivity index (χ3n) is 5.38. The zero-order valence-electron chi connectivity index (χ0n) is 17.5. The van der Waals surface area contributed by atoms with Crippen molar-refractivity contribution in [2.75, 3.05) is 23.3 Å². The molecular weight excluding hydrogens is 406 g/mol. The van der Waals surface area contributed by atoms with Crippen LogP contribution in [0.1, 0.15) is 18.4 Å². The normalized spacial score (nSPS) is 14.0. The maximum absolute atomic E-state index is 13.1. The van der Waals surface area contributed by atoms with E-state index in [1.54, 1.807) is 47.2 Å². The summed E-state index contributed by atoms with van der Waals surface area (Å²) >= 11 is 0. The quantitative estimate of drug-likeness (QED) is 0.603. The van der Waals surface area contributed by atoms with Gasteiger partial charge >= 0.3 is 6.03 Å². The Hall–Kier alpha value is -4.19. The number of rotatable bonds is 5. The van der Waals surface area contributed by atoms with Gasteiger partial charge in [0.05, 0.1) is 11.6 Å². The Balaban J connectivity index is 1.42. The molecule has 32 heavy (non-hydrogen) atoms. The molecule has 0 atom stereocenters. The van der Waals surface area contributed by atoms with Crippen molar-refractivity contribution in [1.29, 1.82) is 5.26 Å². The number of nitrogens with one attached hydrogen (secondary N) is 2. The number of hydrogen-bond acceptors (Lipinski definition) is 6. The van der Waals surface area contributed by atoms with Gasteiger partial charge in [-0.1, -0.05) is 12.1 Å². The zero-order valence-corrected chi connectivity index (χ0v) is 17.5. The average Bonchev–Trinajstić information content (AvgIpc) is 2.81. The number of carbonyl (C=O) groups is 1. The number of amides is 2. The number of nitrogens with zero attached hydrogens (tertiary/aromatic N) is 5. The first-order chi connectivity index (χ1) is 15.6. The summed E-state index contributed by atoms with van der Waals surface area (Å²) in [5, 5.41) is 14.7. The Labute approximate surface area is 185 Å². The van der Waals surface area contributed by atoms with Crippen LogP contribution in [0, 0.1) is 11.3 Å². The Morgan fingerprint density at radius 1 is 1.28 bits per heavy atom. The molecule has 1 aliphatic heterocycles. The van der Waals surface area contributed by atoms with Gasteiger partial charge in [0.2, 0.25) is 0 Å². The lowest BCUT2D eigenvalue weighted by atomic mass is 10.1. The summed E-state index contributed by atoms with van der Waals surface area (Å²) in [6, 6.07) is 12.1. The van der Waals surface area contributed by atoms with Crippen LogP contribution in [0.5, 0.6) is 0 Å². The molecule has 2 N–H and O–H groups in total. The van der Waals surface area contributed by atoms with Crippen LogP contribution in [0.3, 0.4) is 0 Å². The number of pyridine rings is 1. The minimum atomic E-state index is -0.318. The van der Waals surface area contributed by atoms with Gasteiger partial charge in [-0.25, -0.2) is 14.8 Å². The van der Waals surface area contributed by atoms with Crippen LogP contribution >= 0.6 is 0 Å². The molecular formula is C23H23N7O2. The van der Waals surface area contributed by atoms with Crippen molar-refractivity contribution in [2.24, 2.45) is 0 Å². The molecule has 0 radical (unpaired) electrons. The van der Waals surface area contributed by atoms with E-state index in [0.29, 0.717) is 60.7 Å². The number of benzene rings is 1. The van der Waals surface area contributed by atoms with Gasteiger partial charge in [0.1, 0.15) is 5.52 Å². The average molecular weight is 429 g/mol. The van der Waals surface area contributed by atoms with E-state index < -0.39 is 0 Å². The second-order valence-electron chi connectivity index (χ2n) is 7.54. The minimum Gasteiger partial charge on any atom is -0.352 e. The number of nitriles is 1. The van der Waals surface area contributed by atoms with E-state index in [9.17, 15) is 9.59 Å². The molecule has 9 nitrogen and oxygen atoms in total. The van der Waals surface area contributed by atoms with Crippen LogP contribution in [0.2, 0.25) is 0 Å². The third-order valence-corrected chi connectivity index (χ3v) is 5.38. The summed E-state index contributed by atoms with van der Waals surface area (Å²) in [6.07, 6.45) is 4.67. The highest BCUT2D eigenvalue weighted by molar-refractivity contribution is 5.89. The molecule has 9 heteroatoms. The molecule has 2 amide bonds. The van der Waals surface area contributed by atoms with Crippen LogP contribution in [0.15, 0.2) is 60.0 Å². The Kier molecular flexibility index (Phi) is 6.12. The fraction of sp³-hybridized carbons (Fsp3) is 0.261. The van der Waals surface area contributed by atoms with Crippen molar-refractivity contribution in [2.45, 2.75) is 25.4 Å². The predicted octanol–water partition coefficient (Wildman–Crippen LogP) is 2.64. The van der Waals surface area contributed by atoms with Crippen LogP contribution in [0.25, 0.3) is 11.2 Å². The number of carbonyl (C=O) groups excluding carboxylic acids is 1. The monoisotopic (exact) mass is 429 g/mol. The Morgan fingerprint density at radius 2 is 2.09 bits per heavy atom. The maximum atomic E-state index is 13.1. The van der Waals surface area contributed by atoms with Crippen molar-refractivity contribution in [3.63, 3.8) is 0 Å². The largest absolute Gasteiger partial charge is 0.352 e. The van der Waals surface area contributed by atoms with Gasteiger partial charge in [0.15, 0.2) is 11.5 Å². The standard InChI is InChI=1S/C23H23N7O2/c1-2-11-30-20-19(7-4-10-25-20)28-21(22(30)31)29-12-8-17(9-13-29)26-23(32)27-18-6-3-5-16(14-18)15-24/h2-7,10,14,17H,1,8-9,11-13H2,(H2,26,27,32). The van der Waals surface area contributed by atoms with Gasteiger partial charge in [-0.15, -0.1) is 6.58 Å². The Bertz CT molecular complexity index is 1250. The van der Waals surface area contributed by atoms with E-state index in [2.05, 4.69) is 33.2 Å². The highest BCUT2D eigenvalue weighted by atomic mass is 16.2. The molecule has 0 unspecified atom stereocenters. The number of piperidine rings is 1. The van der Waals surface area contributed by atoms with Gasteiger partial charge < -0.3 is 15.5 Å². The summed E-state index contributed by atoms with van der Waals surface area (Å²) < 4.78 is 1.58. The van der Waals surface area contributed by atoms with Crippen LogP contribution in [-0.4, -0.2) is 39.7 Å². The summed E-state index contributed by atoms with van der Waals surface area (Å²) in [5.41, 5.74) is 2.04. The van der Waals surface area contributed by atoms with Crippen LogP contribution < -0.4 is 21.1 Å². The molecule has 0 aliphatic carbocycles. The first-order valence-electron chi connectivity index (χ1n) is 10.4. The highest BCUT2D eigenvalue weighted by Gasteiger charge is 2.24. The second kappa shape index (κ2) is 9.31. The number of allylic oxidation sites excluding steroid dienone is 1. The molecule has 1 fully saturated rings. The van der Waals surface area contributed by atoms with Gasteiger partial charge in [-0.05, 0) is 43.2 Å². The first-order valence-corrected chi connectivity index (χ1v) is 10.4. The molecule has 1 aliphatic rings. The molecule has 162 valence electrons. The molecule has 3 heterocycles. The molecule has 4 rings (SSSR count). The van der Waals surface area contributed by atoms with E-state index >= 15 is 0 Å². The predicted molar refractivity (Wildman–Crippen MR) is 123 cm³/mol. The van der Waals surface area contributed by atoms with Gasteiger partial charge in [-0.2, -0.15) is 5.26 Å². The van der Waals surface area contributed by atoms with E-state index in [1.807, 2.05) is 11.0 Å². The molecule has 3 aromatic rings. The lowest BCUT2D eigenvalue weighted by Crippen LogP contribution is -2.47. The van der Waals surface area contributed by atoms with Crippen molar-refractivity contribution < 1.29 is 4.79 Å². The fourth-order valence-corrected chi connectivity index (χ4v) is 3.82. The summed E-state index contributed by atoms with van der Waals surface area (Å²) in [5.74, 6) is 0.392. The second-order valence-corrected chi connectivity index (χ2v) is 7.54. The van der Waals surface area contributed by atoms with Crippen molar-refractivity contribution in [3.8, 4) is 6.07 Å². The molecule has 0 bridgehead atoms. The van der Waals surface area contributed by atoms with Crippen LogP contribution in [-0.2, 0) is 6.54 Å². The topological polar surface area (TPSA) is 116 Å². The highest BCUT2D eigenvalue weighted by Crippen LogP contribution is 2.18. The van der Waals surface area contributed by atoms with Gasteiger partial charge in [0.25, 0.3) is 5.56 Å². The number of anilines is 2. The number of hydrogen-bond donors (Lipinski definition) is 2.